The first-order valence-corrected chi connectivity index (χ1v) is 4.00. The number of allylic oxidation sites excluding steroid dienone is 1. The molecule has 1 aliphatic rings. The van der Waals surface area contributed by atoms with Crippen LogP contribution in [-0.2, 0) is 14.3 Å². The van der Waals surface area contributed by atoms with E-state index in [1.165, 1.54) is 6.08 Å². The minimum atomic E-state index is -0.615. The Morgan fingerprint density at radius 2 is 1.92 bits per heavy atom. The molecular formula is C10H10O3. The molecule has 0 bridgehead atoms. The van der Waals surface area contributed by atoms with Gasteiger partial charge >= 0.3 is 11.9 Å². The van der Waals surface area contributed by atoms with Gasteiger partial charge < -0.3 is 4.74 Å². The van der Waals surface area contributed by atoms with Gasteiger partial charge in [0.05, 0.1) is 11.1 Å². The minimum Gasteiger partial charge on any atom is -0.386 e. The van der Waals surface area contributed by atoms with Crippen molar-refractivity contribution in [3.63, 3.8) is 0 Å². The van der Waals surface area contributed by atoms with Crippen molar-refractivity contribution >= 4 is 11.9 Å². The lowest BCUT2D eigenvalue weighted by Crippen LogP contribution is -2.01. The molecule has 0 unspecified atom stereocenters. The van der Waals surface area contributed by atoms with Crippen molar-refractivity contribution in [2.45, 2.75) is 13.3 Å². The second-order valence-corrected chi connectivity index (χ2v) is 2.52. The first-order valence-electron chi connectivity index (χ1n) is 4.00. The normalized spacial score (nSPS) is 17.0. The van der Waals surface area contributed by atoms with Crippen LogP contribution < -0.4 is 0 Å². The molecule has 1 rings (SSSR count). The molecule has 0 saturated heterocycles. The molecule has 0 aromatic carbocycles. The van der Waals surface area contributed by atoms with Crippen LogP contribution in [0.5, 0.6) is 0 Å². The molecule has 0 amide bonds. The molecule has 1 heterocycles. The summed E-state index contributed by atoms with van der Waals surface area (Å²) in [5.74, 6) is -1.21. The van der Waals surface area contributed by atoms with Gasteiger partial charge in [-0.2, -0.15) is 0 Å². The largest absolute Gasteiger partial charge is 0.386 e. The van der Waals surface area contributed by atoms with Crippen LogP contribution in [0.15, 0.2) is 36.0 Å². The summed E-state index contributed by atoms with van der Waals surface area (Å²) in [7, 11) is 0. The molecule has 0 atom stereocenters. The van der Waals surface area contributed by atoms with E-state index in [0.29, 0.717) is 5.57 Å². The van der Waals surface area contributed by atoms with Gasteiger partial charge in [0.1, 0.15) is 0 Å². The summed E-state index contributed by atoms with van der Waals surface area (Å²) in [6.45, 7) is 5.38. The standard InChI is InChI=1S/C10H10O3/c1-3-5-6-8-7(4-2)9(11)13-10(8)12/h4-6H,2-3H2,1H3/b6-5+. The SMILES string of the molecule is C=CC1=C(/C=C/CC)C(=O)OC1=O. The Morgan fingerprint density at radius 3 is 2.46 bits per heavy atom. The average Bonchev–Trinajstić information content (AvgIpc) is 2.37. The van der Waals surface area contributed by atoms with E-state index >= 15 is 0 Å². The van der Waals surface area contributed by atoms with E-state index in [9.17, 15) is 9.59 Å². The Hall–Kier alpha value is -1.64. The number of hydrogen-bond acceptors (Lipinski definition) is 3. The van der Waals surface area contributed by atoms with Crippen LogP contribution in [-0.4, -0.2) is 11.9 Å². The summed E-state index contributed by atoms with van der Waals surface area (Å²) in [6.07, 6.45) is 5.51. The van der Waals surface area contributed by atoms with Crippen LogP contribution in [0.2, 0.25) is 0 Å². The van der Waals surface area contributed by atoms with Crippen molar-refractivity contribution in [1.82, 2.24) is 0 Å². The van der Waals surface area contributed by atoms with Gasteiger partial charge in [-0.25, -0.2) is 9.59 Å². The zero-order valence-electron chi connectivity index (χ0n) is 7.37. The Morgan fingerprint density at radius 1 is 1.31 bits per heavy atom. The average molecular weight is 178 g/mol. The summed E-state index contributed by atoms with van der Waals surface area (Å²) < 4.78 is 4.40. The molecule has 13 heavy (non-hydrogen) atoms. The van der Waals surface area contributed by atoms with Crippen molar-refractivity contribution in [3.05, 3.63) is 36.0 Å². The maximum Gasteiger partial charge on any atom is 0.346 e. The first kappa shape index (κ1) is 9.45. The Bertz CT molecular complexity index is 321. The Kier molecular flexibility index (Phi) is 2.80. The number of hydrogen-bond donors (Lipinski definition) is 0. The van der Waals surface area contributed by atoms with Crippen molar-refractivity contribution in [1.29, 1.82) is 0 Å². The Balaban J connectivity index is 3.06. The van der Waals surface area contributed by atoms with Gasteiger partial charge in [0.15, 0.2) is 0 Å². The lowest BCUT2D eigenvalue weighted by Gasteiger charge is -1.87. The van der Waals surface area contributed by atoms with Crippen molar-refractivity contribution in [2.75, 3.05) is 0 Å². The number of cyclic esters (lactones) is 2. The zero-order chi connectivity index (χ0) is 9.84. The lowest BCUT2D eigenvalue weighted by molar-refractivity contribution is -0.150. The third-order valence-corrected chi connectivity index (χ3v) is 1.64. The van der Waals surface area contributed by atoms with Crippen LogP contribution >= 0.6 is 0 Å². The summed E-state index contributed by atoms with van der Waals surface area (Å²) >= 11 is 0. The predicted octanol–water partition coefficient (Wildman–Crippen LogP) is 1.52. The molecule has 68 valence electrons. The summed E-state index contributed by atoms with van der Waals surface area (Å²) in [4.78, 5) is 22.0. The van der Waals surface area contributed by atoms with Crippen LogP contribution in [0.3, 0.4) is 0 Å². The van der Waals surface area contributed by atoms with Crippen molar-refractivity contribution < 1.29 is 14.3 Å². The van der Waals surface area contributed by atoms with Gasteiger partial charge in [-0.1, -0.05) is 31.7 Å². The maximum absolute atomic E-state index is 11.1. The molecule has 0 spiro atoms. The van der Waals surface area contributed by atoms with Gasteiger partial charge in [-0.15, -0.1) is 0 Å². The highest BCUT2D eigenvalue weighted by Gasteiger charge is 2.28. The van der Waals surface area contributed by atoms with E-state index in [1.807, 2.05) is 6.92 Å². The van der Waals surface area contributed by atoms with E-state index in [1.54, 1.807) is 12.2 Å². The highest BCUT2D eigenvalue weighted by molar-refractivity contribution is 6.15. The Labute approximate surface area is 76.4 Å². The van der Waals surface area contributed by atoms with Crippen LogP contribution in [0.25, 0.3) is 0 Å². The van der Waals surface area contributed by atoms with Gasteiger partial charge in [0, 0.05) is 0 Å². The fourth-order valence-electron chi connectivity index (χ4n) is 1.00. The van der Waals surface area contributed by atoms with E-state index in [2.05, 4.69) is 11.3 Å². The maximum atomic E-state index is 11.1. The zero-order valence-corrected chi connectivity index (χ0v) is 7.37. The van der Waals surface area contributed by atoms with E-state index < -0.39 is 11.9 Å². The fourth-order valence-corrected chi connectivity index (χ4v) is 1.00. The molecule has 0 radical (unpaired) electrons. The molecule has 0 aromatic rings. The van der Waals surface area contributed by atoms with E-state index in [4.69, 9.17) is 0 Å². The highest BCUT2D eigenvalue weighted by atomic mass is 16.6. The molecule has 3 nitrogen and oxygen atoms in total. The van der Waals surface area contributed by atoms with Gasteiger partial charge in [0.2, 0.25) is 0 Å². The topological polar surface area (TPSA) is 43.4 Å². The predicted molar refractivity (Wildman–Crippen MR) is 47.8 cm³/mol. The smallest absolute Gasteiger partial charge is 0.346 e. The summed E-state index contributed by atoms with van der Waals surface area (Å²) in [6, 6.07) is 0. The van der Waals surface area contributed by atoms with E-state index in [-0.39, 0.29) is 5.57 Å². The van der Waals surface area contributed by atoms with Gasteiger partial charge in [-0.3, -0.25) is 0 Å². The van der Waals surface area contributed by atoms with E-state index in [0.717, 1.165) is 6.42 Å². The molecule has 0 N–H and O–H groups in total. The number of rotatable bonds is 3. The molecule has 0 aliphatic carbocycles. The highest BCUT2D eigenvalue weighted by Crippen LogP contribution is 2.19. The monoisotopic (exact) mass is 178 g/mol. The number of esters is 2. The minimum absolute atomic E-state index is 0.245. The first-order chi connectivity index (χ1) is 6.20. The van der Waals surface area contributed by atoms with Crippen molar-refractivity contribution in [3.8, 4) is 0 Å². The third kappa shape index (κ3) is 1.75. The molecule has 0 aromatic heterocycles. The second-order valence-electron chi connectivity index (χ2n) is 2.52. The molecule has 0 saturated carbocycles. The molecule has 1 aliphatic heterocycles. The second kappa shape index (κ2) is 3.85. The molecule has 3 heteroatoms. The molecule has 0 fully saturated rings. The summed E-state index contributed by atoms with van der Waals surface area (Å²) in [5.41, 5.74) is 0.538. The van der Waals surface area contributed by atoms with Crippen LogP contribution in [0.1, 0.15) is 13.3 Å². The lowest BCUT2D eigenvalue weighted by atomic mass is 10.1. The summed E-state index contributed by atoms with van der Waals surface area (Å²) in [5, 5.41) is 0. The fraction of sp³-hybridized carbons (Fsp3) is 0.200. The number of carbonyl (C=O) groups is 2. The van der Waals surface area contributed by atoms with Gasteiger partial charge in [0.25, 0.3) is 0 Å². The van der Waals surface area contributed by atoms with Crippen molar-refractivity contribution in [2.24, 2.45) is 0 Å². The van der Waals surface area contributed by atoms with Gasteiger partial charge in [-0.05, 0) is 6.42 Å². The quantitative estimate of drug-likeness (QED) is 0.486. The van der Waals surface area contributed by atoms with Crippen LogP contribution in [0.4, 0.5) is 0 Å². The molecular weight excluding hydrogens is 168 g/mol. The number of ether oxygens (including phenoxy) is 1. The number of carbonyl (C=O) groups excluding carboxylic acids is 2. The third-order valence-electron chi connectivity index (χ3n) is 1.64. The van der Waals surface area contributed by atoms with Crippen LogP contribution in [0, 0.1) is 0 Å².